The van der Waals surface area contributed by atoms with Crippen molar-refractivity contribution in [2.75, 3.05) is 119 Å². The number of rotatable bonds is 6. The standard InChI is InChI=1S/C18H36N2O6.2C10H27Si3.Fe.K/c1-7-21-13-14-24-10-4-20-5-11-25-17-15-22-8-2-19(1)3-9-23-16-18-26-12-6-20;2*1-11(2,3)10(12(4,5)6)13(7,8)9;;/h1-18H2;2*1-9H3;;/q;2*-1;;+1. The number of nitrogens with zero attached hydrogens (tertiary/aromatic N) is 2. The molecule has 2 bridgehead atoms. The second kappa shape index (κ2) is 30.2. The zero-order chi connectivity index (χ0) is 40.3. The van der Waals surface area contributed by atoms with Crippen LogP contribution in [0, 0.1) is 9.58 Å². The van der Waals surface area contributed by atoms with E-state index in [9.17, 15) is 0 Å². The summed E-state index contributed by atoms with van der Waals surface area (Å²) in [6.45, 7) is 58.7. The SMILES string of the molecule is C1COCCN2CCOCCOCCN(CCO1)CCOCCOCC2.C[Si](C)(C)[C-]([Si](C)(C)C)[Si](C)(C)C.C[Si](C)(C)[C-]([Si](C)(C)C)[Si](C)(C)C.[Fe].[K+]. The van der Waals surface area contributed by atoms with E-state index in [1.165, 1.54) is 0 Å². The molecule has 0 radical (unpaired) electrons. The van der Waals surface area contributed by atoms with Gasteiger partial charge in [0.25, 0.3) is 0 Å². The summed E-state index contributed by atoms with van der Waals surface area (Å²) in [5.74, 6) is 0. The Hall–Kier alpha value is 3.14. The summed E-state index contributed by atoms with van der Waals surface area (Å²) in [5.41, 5.74) is 0. The Kier molecular flexibility index (Phi) is 34.4. The van der Waals surface area contributed by atoms with E-state index in [2.05, 4.69) is 137 Å². The van der Waals surface area contributed by atoms with Crippen LogP contribution in [0.15, 0.2) is 0 Å². The molecule has 8 nitrogen and oxygen atoms in total. The van der Waals surface area contributed by atoms with Crippen LogP contribution in [-0.2, 0) is 45.5 Å². The van der Waals surface area contributed by atoms with E-state index >= 15 is 0 Å². The van der Waals surface area contributed by atoms with Crippen LogP contribution in [0.1, 0.15) is 0 Å². The van der Waals surface area contributed by atoms with Crippen molar-refractivity contribution in [1.29, 1.82) is 0 Å². The Morgan fingerprint density at radius 2 is 0.407 bits per heavy atom. The Morgan fingerprint density at radius 3 is 0.500 bits per heavy atom. The molecule has 0 aliphatic carbocycles. The van der Waals surface area contributed by atoms with Crippen molar-refractivity contribution in [2.24, 2.45) is 0 Å². The number of fused-ring (bicyclic) bond motifs is 21. The van der Waals surface area contributed by atoms with Gasteiger partial charge in [0, 0.05) is 56.3 Å². The van der Waals surface area contributed by atoms with Gasteiger partial charge in [-0.05, 0) is 0 Å². The third-order valence-corrected chi connectivity index (χ3v) is 44.9. The van der Waals surface area contributed by atoms with Gasteiger partial charge in [-0.2, -0.15) is 0 Å². The summed E-state index contributed by atoms with van der Waals surface area (Å²) in [5, 5.41) is 0. The average Bonchev–Trinajstić information content (AvgIpc) is 2.90. The monoisotopic (exact) mass is 933 g/mol. The molecule has 3 rings (SSSR count). The van der Waals surface area contributed by atoms with Gasteiger partial charge in [-0.1, -0.05) is 118 Å². The van der Waals surface area contributed by atoms with E-state index in [1.54, 1.807) is 0 Å². The second-order valence-corrected chi connectivity index (χ2v) is 53.6. The maximum Gasteiger partial charge on any atom is 1.00 e. The summed E-state index contributed by atoms with van der Waals surface area (Å²) in [7, 11) is -6.10. The topological polar surface area (TPSA) is 61.9 Å². The van der Waals surface area contributed by atoms with Gasteiger partial charge in [0.05, 0.1) is 79.3 Å². The quantitative estimate of drug-likeness (QED) is 0.270. The first kappa shape index (κ1) is 61.4. The molecular weight excluding hydrogens is 844 g/mol. The Balaban J connectivity index is -0.000000790. The van der Waals surface area contributed by atoms with Crippen LogP contribution in [0.3, 0.4) is 0 Å². The summed E-state index contributed by atoms with van der Waals surface area (Å²) >= 11 is 0. The van der Waals surface area contributed by atoms with E-state index in [1.807, 2.05) is 0 Å². The van der Waals surface area contributed by atoms with Gasteiger partial charge in [0.1, 0.15) is 0 Å². The second-order valence-electron chi connectivity index (χ2n) is 20.6. The molecule has 0 aromatic heterocycles. The molecule has 3 aliphatic heterocycles. The molecular formula is C38H90FeKN2O6Si6-. The van der Waals surface area contributed by atoms with Gasteiger partial charge >= 0.3 is 51.4 Å². The molecule has 3 aliphatic rings. The van der Waals surface area contributed by atoms with E-state index in [0.29, 0.717) is 79.3 Å². The van der Waals surface area contributed by atoms with E-state index < -0.39 is 48.4 Å². The van der Waals surface area contributed by atoms with Crippen molar-refractivity contribution >= 4 is 48.4 Å². The van der Waals surface area contributed by atoms with Crippen LogP contribution in [0.5, 0.6) is 0 Å². The van der Waals surface area contributed by atoms with Crippen LogP contribution in [0.25, 0.3) is 0 Å². The van der Waals surface area contributed by atoms with Crippen molar-refractivity contribution in [1.82, 2.24) is 9.80 Å². The molecule has 0 aromatic carbocycles. The fourth-order valence-corrected chi connectivity index (χ4v) is 63.5. The molecule has 16 heteroatoms. The van der Waals surface area contributed by atoms with E-state index in [0.717, 1.165) is 39.3 Å². The molecule has 0 N–H and O–H groups in total. The van der Waals surface area contributed by atoms with Crippen LogP contribution in [-0.4, -0.2) is 177 Å². The van der Waals surface area contributed by atoms with Gasteiger partial charge in [-0.3, -0.25) is 9.80 Å². The predicted molar refractivity (Wildman–Crippen MR) is 244 cm³/mol. The fraction of sp³-hybridized carbons (Fsp3) is 0.947. The molecule has 0 unspecified atom stereocenters. The van der Waals surface area contributed by atoms with Crippen molar-refractivity contribution in [2.45, 2.75) is 118 Å². The molecule has 0 amide bonds. The third kappa shape index (κ3) is 31.1. The van der Waals surface area contributed by atoms with Gasteiger partial charge in [0.2, 0.25) is 0 Å². The Morgan fingerprint density at radius 1 is 0.278 bits per heavy atom. The molecule has 54 heavy (non-hydrogen) atoms. The maximum atomic E-state index is 5.70. The fourth-order valence-electron chi connectivity index (χ4n) is 9.55. The third-order valence-electron chi connectivity index (χ3n) is 8.93. The summed E-state index contributed by atoms with van der Waals surface area (Å²) < 4.78 is 34.2. The minimum atomic E-state index is -1.02. The molecule has 0 saturated carbocycles. The summed E-state index contributed by atoms with van der Waals surface area (Å²) in [6, 6.07) is 0. The summed E-state index contributed by atoms with van der Waals surface area (Å²) in [6.07, 6.45) is 0. The first-order valence-corrected chi connectivity index (χ1v) is 41.4. The number of hydrogen-bond acceptors (Lipinski definition) is 8. The van der Waals surface area contributed by atoms with Gasteiger partial charge in [-0.15, -0.1) is 48.4 Å². The molecule has 0 aromatic rings. The first-order valence-electron chi connectivity index (χ1n) is 20.4. The van der Waals surface area contributed by atoms with Crippen LogP contribution >= 0.6 is 0 Å². The zero-order valence-electron chi connectivity index (χ0n) is 39.4. The van der Waals surface area contributed by atoms with Gasteiger partial charge in [0.15, 0.2) is 0 Å². The van der Waals surface area contributed by atoms with Gasteiger partial charge in [-0.25, -0.2) is 0 Å². The number of ether oxygens (including phenoxy) is 6. The zero-order valence-corrected chi connectivity index (χ0v) is 49.7. The van der Waals surface area contributed by atoms with Crippen LogP contribution in [0.2, 0.25) is 118 Å². The van der Waals surface area contributed by atoms with E-state index in [-0.39, 0.29) is 68.5 Å². The molecule has 3 fully saturated rings. The average molecular weight is 935 g/mol. The van der Waals surface area contributed by atoms with Crippen molar-refractivity contribution in [3.05, 3.63) is 9.58 Å². The van der Waals surface area contributed by atoms with Crippen molar-refractivity contribution < 1.29 is 96.9 Å². The van der Waals surface area contributed by atoms with Crippen molar-refractivity contribution in [3.63, 3.8) is 0 Å². The van der Waals surface area contributed by atoms with E-state index in [4.69, 9.17) is 28.4 Å². The normalized spacial score (nSPS) is 22.0. The number of hydrogen-bond donors (Lipinski definition) is 0. The van der Waals surface area contributed by atoms with Crippen molar-refractivity contribution in [3.8, 4) is 0 Å². The maximum absolute atomic E-state index is 5.70. The minimum absolute atomic E-state index is 0. The largest absolute Gasteiger partial charge is 1.00 e. The first-order chi connectivity index (χ1) is 23.7. The van der Waals surface area contributed by atoms with Gasteiger partial charge < -0.3 is 38.0 Å². The Labute approximate surface area is 396 Å². The smallest absolute Gasteiger partial charge is 0.378 e. The Bertz CT molecular complexity index is 724. The van der Waals surface area contributed by atoms with Crippen LogP contribution < -0.4 is 51.4 Å². The molecule has 0 atom stereocenters. The van der Waals surface area contributed by atoms with Crippen LogP contribution in [0.4, 0.5) is 0 Å². The summed E-state index contributed by atoms with van der Waals surface area (Å²) in [4.78, 5) is 8.75. The molecule has 3 saturated heterocycles. The predicted octanol–water partition coefficient (Wildman–Crippen LogP) is 5.10. The molecule has 322 valence electrons. The molecule has 3 heterocycles. The minimum Gasteiger partial charge on any atom is -0.378 e. The molecule has 0 spiro atoms.